The van der Waals surface area contributed by atoms with E-state index in [9.17, 15) is 4.79 Å². The molecule has 28 heavy (non-hydrogen) atoms. The third-order valence-corrected chi connectivity index (χ3v) is 4.56. The largest absolute Gasteiger partial charge is 0.376 e. The van der Waals surface area contributed by atoms with E-state index in [4.69, 9.17) is 0 Å². The van der Waals surface area contributed by atoms with Gasteiger partial charge in [0.2, 0.25) is 0 Å². The molecule has 1 amide bonds. The van der Waals surface area contributed by atoms with Crippen molar-refractivity contribution >= 4 is 17.3 Å². The van der Waals surface area contributed by atoms with Gasteiger partial charge in [0.05, 0.1) is 12.3 Å². The Kier molecular flexibility index (Phi) is 6.58. The van der Waals surface area contributed by atoms with Gasteiger partial charge in [-0.2, -0.15) is 5.10 Å². The van der Waals surface area contributed by atoms with Gasteiger partial charge in [-0.1, -0.05) is 79.7 Å². The van der Waals surface area contributed by atoms with Crippen molar-refractivity contribution in [1.82, 2.24) is 5.43 Å². The number of carbonyl (C=O) groups excluding carboxylic acids is 1. The van der Waals surface area contributed by atoms with E-state index in [1.54, 1.807) is 0 Å². The molecule has 0 fully saturated rings. The third-order valence-electron chi connectivity index (χ3n) is 4.56. The van der Waals surface area contributed by atoms with Gasteiger partial charge in [0.25, 0.3) is 5.91 Å². The van der Waals surface area contributed by atoms with Crippen LogP contribution in [-0.4, -0.2) is 18.2 Å². The Bertz CT molecular complexity index is 947. The molecule has 142 valence electrons. The van der Waals surface area contributed by atoms with Gasteiger partial charge in [0.15, 0.2) is 0 Å². The lowest BCUT2D eigenvalue weighted by Gasteiger charge is -2.09. The fourth-order valence-corrected chi connectivity index (χ4v) is 2.95. The molecule has 3 aromatic rings. The smallest absolute Gasteiger partial charge is 0.259 e. The van der Waals surface area contributed by atoms with E-state index in [-0.39, 0.29) is 12.5 Å². The molecule has 0 saturated heterocycles. The lowest BCUT2D eigenvalue weighted by atomic mass is 10.0. The van der Waals surface area contributed by atoms with Gasteiger partial charge >= 0.3 is 0 Å². The van der Waals surface area contributed by atoms with Crippen molar-refractivity contribution in [1.29, 1.82) is 0 Å². The van der Waals surface area contributed by atoms with Crippen molar-refractivity contribution < 1.29 is 4.79 Å². The highest BCUT2D eigenvalue weighted by Gasteiger charge is 2.05. The molecule has 3 aromatic carbocycles. The number of rotatable bonds is 7. The van der Waals surface area contributed by atoms with Crippen molar-refractivity contribution in [2.45, 2.75) is 20.3 Å². The quantitative estimate of drug-likeness (QED) is 0.453. The van der Waals surface area contributed by atoms with Crippen LogP contribution in [0.2, 0.25) is 0 Å². The Balaban J connectivity index is 1.61. The Morgan fingerprint density at radius 2 is 1.50 bits per heavy atom. The highest BCUT2D eigenvalue weighted by Crippen LogP contribution is 2.20. The van der Waals surface area contributed by atoms with Gasteiger partial charge in [-0.25, -0.2) is 5.43 Å². The molecule has 0 atom stereocenters. The second-order valence-corrected chi connectivity index (χ2v) is 6.56. The zero-order valence-corrected chi connectivity index (χ0v) is 16.3. The van der Waals surface area contributed by atoms with Gasteiger partial charge in [0, 0.05) is 5.69 Å². The monoisotopic (exact) mass is 371 g/mol. The molecule has 0 aliphatic rings. The highest BCUT2D eigenvalue weighted by atomic mass is 16.2. The van der Waals surface area contributed by atoms with Gasteiger partial charge in [-0.3, -0.25) is 4.79 Å². The first-order valence-corrected chi connectivity index (χ1v) is 9.48. The number of nitrogens with one attached hydrogen (secondary N) is 2. The van der Waals surface area contributed by atoms with Crippen molar-refractivity contribution in [3.8, 4) is 11.1 Å². The summed E-state index contributed by atoms with van der Waals surface area (Å²) >= 11 is 0. The molecule has 0 aliphatic heterocycles. The summed E-state index contributed by atoms with van der Waals surface area (Å²) < 4.78 is 0. The molecule has 4 nitrogen and oxygen atoms in total. The molecule has 4 heteroatoms. The molecule has 0 spiro atoms. The molecule has 0 saturated carbocycles. The third kappa shape index (κ3) is 5.07. The van der Waals surface area contributed by atoms with E-state index >= 15 is 0 Å². The minimum Gasteiger partial charge on any atom is -0.376 e. The number of benzene rings is 3. The van der Waals surface area contributed by atoms with Crippen LogP contribution < -0.4 is 10.7 Å². The summed E-state index contributed by atoms with van der Waals surface area (Å²) in [5, 5.41) is 7.47. The zero-order chi connectivity index (χ0) is 19.8. The zero-order valence-electron chi connectivity index (χ0n) is 16.3. The van der Waals surface area contributed by atoms with Crippen molar-refractivity contribution in [3.05, 3.63) is 90.0 Å². The highest BCUT2D eigenvalue weighted by molar-refractivity contribution is 6.01. The minimum absolute atomic E-state index is 0.171. The van der Waals surface area contributed by atoms with E-state index < -0.39 is 0 Å². The lowest BCUT2D eigenvalue weighted by Crippen LogP contribution is -2.27. The summed E-state index contributed by atoms with van der Waals surface area (Å²) in [6.45, 7) is 4.21. The van der Waals surface area contributed by atoms with Gasteiger partial charge < -0.3 is 5.32 Å². The van der Waals surface area contributed by atoms with E-state index in [1.807, 2.05) is 68.4 Å². The fourth-order valence-electron chi connectivity index (χ4n) is 2.95. The minimum atomic E-state index is -0.171. The first kappa shape index (κ1) is 19.4. The van der Waals surface area contributed by atoms with Crippen LogP contribution in [0.25, 0.3) is 11.1 Å². The summed E-state index contributed by atoms with van der Waals surface area (Å²) in [4.78, 5) is 12.1. The molecule has 0 bridgehead atoms. The second-order valence-electron chi connectivity index (χ2n) is 6.56. The maximum atomic E-state index is 12.1. The average molecular weight is 371 g/mol. The van der Waals surface area contributed by atoms with Crippen LogP contribution in [0.3, 0.4) is 0 Å². The van der Waals surface area contributed by atoms with E-state index in [1.165, 1.54) is 5.56 Å². The summed E-state index contributed by atoms with van der Waals surface area (Å²) in [6, 6.07) is 26.4. The number of hydrogen-bond donors (Lipinski definition) is 2. The summed E-state index contributed by atoms with van der Waals surface area (Å²) in [5.41, 5.74) is 8.91. The number of nitrogens with zero attached hydrogens (tertiary/aromatic N) is 1. The van der Waals surface area contributed by atoms with E-state index in [0.717, 1.165) is 34.5 Å². The van der Waals surface area contributed by atoms with Crippen molar-refractivity contribution in [3.63, 3.8) is 0 Å². The van der Waals surface area contributed by atoms with Crippen LogP contribution in [0.1, 0.15) is 24.5 Å². The number of anilines is 1. The molecule has 0 radical (unpaired) electrons. The van der Waals surface area contributed by atoms with Crippen LogP contribution in [0, 0.1) is 6.92 Å². The molecular formula is C24H25N3O. The molecular weight excluding hydrogens is 346 g/mol. The fraction of sp³-hybridized carbons (Fsp3) is 0.167. The van der Waals surface area contributed by atoms with Crippen molar-refractivity contribution in [2.75, 3.05) is 11.9 Å². The van der Waals surface area contributed by atoms with Crippen LogP contribution in [0.4, 0.5) is 5.69 Å². The SMILES string of the molecule is CCC(=NNC(=O)CNc1ccccc1C)c1ccc(-c2ccccc2)cc1. The maximum Gasteiger partial charge on any atom is 0.259 e. The molecule has 0 aliphatic carbocycles. The number of para-hydroxylation sites is 1. The molecule has 0 aromatic heterocycles. The summed E-state index contributed by atoms with van der Waals surface area (Å²) in [6.07, 6.45) is 0.732. The predicted molar refractivity (Wildman–Crippen MR) is 117 cm³/mol. The predicted octanol–water partition coefficient (Wildman–Crippen LogP) is 5.00. The first-order chi connectivity index (χ1) is 13.7. The second kappa shape index (κ2) is 9.51. The standard InChI is InChI=1S/C24H25N3O/c1-3-22(21-15-13-20(14-16-21)19-10-5-4-6-11-19)26-27-24(28)17-25-23-12-8-7-9-18(23)2/h4-16,25H,3,17H2,1-2H3,(H,27,28). The van der Waals surface area contributed by atoms with Crippen LogP contribution >= 0.6 is 0 Å². The number of carbonyl (C=O) groups is 1. The number of hydrazone groups is 1. The van der Waals surface area contributed by atoms with Crippen LogP contribution in [0.5, 0.6) is 0 Å². The van der Waals surface area contributed by atoms with E-state index in [0.29, 0.717) is 0 Å². The van der Waals surface area contributed by atoms with Crippen LogP contribution in [-0.2, 0) is 4.79 Å². The first-order valence-electron chi connectivity index (χ1n) is 9.48. The lowest BCUT2D eigenvalue weighted by molar-refractivity contribution is -0.119. The van der Waals surface area contributed by atoms with Gasteiger partial charge in [-0.05, 0) is 41.7 Å². The molecule has 0 heterocycles. The molecule has 3 rings (SSSR count). The number of hydrogen-bond acceptors (Lipinski definition) is 3. The average Bonchev–Trinajstić information content (AvgIpc) is 2.75. The topological polar surface area (TPSA) is 53.5 Å². The Morgan fingerprint density at radius 3 is 2.18 bits per heavy atom. The summed E-state index contributed by atoms with van der Waals surface area (Å²) in [7, 11) is 0. The normalized spacial score (nSPS) is 11.1. The van der Waals surface area contributed by atoms with Gasteiger partial charge in [-0.15, -0.1) is 0 Å². The van der Waals surface area contributed by atoms with Crippen molar-refractivity contribution in [2.24, 2.45) is 5.10 Å². The summed E-state index contributed by atoms with van der Waals surface area (Å²) in [5.74, 6) is -0.171. The number of aryl methyl sites for hydroxylation is 1. The Labute approximate surface area is 166 Å². The van der Waals surface area contributed by atoms with E-state index in [2.05, 4.69) is 40.1 Å². The maximum absolute atomic E-state index is 12.1. The number of amides is 1. The van der Waals surface area contributed by atoms with Gasteiger partial charge in [0.1, 0.15) is 0 Å². The van der Waals surface area contributed by atoms with Crippen LogP contribution in [0.15, 0.2) is 84.0 Å². The Morgan fingerprint density at radius 1 is 0.857 bits per heavy atom. The molecule has 0 unspecified atom stereocenters. The Hall–Kier alpha value is -3.40. The molecule has 2 N–H and O–H groups in total.